The van der Waals surface area contributed by atoms with Crippen LogP contribution in [0.15, 0.2) is 79.0 Å². The minimum absolute atomic E-state index is 0.316. The van der Waals surface area contributed by atoms with Crippen molar-refractivity contribution in [2.75, 3.05) is 6.61 Å². The molecule has 0 N–H and O–H groups in total. The quantitative estimate of drug-likeness (QED) is 0.435. The minimum Gasteiger partial charge on any atom is -0.489 e. The van der Waals surface area contributed by atoms with Gasteiger partial charge in [-0.3, -0.25) is 4.98 Å². The fourth-order valence-corrected chi connectivity index (χ4v) is 2.96. The first-order valence-corrected chi connectivity index (χ1v) is 9.44. The van der Waals surface area contributed by atoms with Gasteiger partial charge in [-0.05, 0) is 48.9 Å². The zero-order chi connectivity index (χ0) is 20.1. The summed E-state index contributed by atoms with van der Waals surface area (Å²) in [7, 11) is 0. The van der Waals surface area contributed by atoms with Crippen molar-refractivity contribution in [3.63, 3.8) is 0 Å². The molecule has 0 atom stereocenters. The largest absolute Gasteiger partial charge is 0.489 e. The van der Waals surface area contributed by atoms with Crippen LogP contribution in [-0.4, -0.2) is 22.5 Å². The molecule has 3 aromatic carbocycles. The van der Waals surface area contributed by atoms with Crippen LogP contribution >= 0.6 is 0 Å². The number of hydrogen-bond acceptors (Lipinski definition) is 5. The fraction of sp³-hybridized carbons (Fsp3) is 0.125. The van der Waals surface area contributed by atoms with Crippen molar-refractivity contribution in [3.8, 4) is 17.0 Å². The SMILES string of the molecule is CCOC(=O)c1ccc(COc2cccc(-c3cnc4ccccc4n3)c2)cc1. The number of carbonyl (C=O) groups is 1. The lowest BCUT2D eigenvalue weighted by molar-refractivity contribution is 0.0526. The molecule has 5 heteroatoms. The highest BCUT2D eigenvalue weighted by Gasteiger charge is 2.07. The highest BCUT2D eigenvalue weighted by atomic mass is 16.5. The lowest BCUT2D eigenvalue weighted by atomic mass is 10.1. The molecule has 4 rings (SSSR count). The van der Waals surface area contributed by atoms with E-state index in [1.165, 1.54) is 0 Å². The molecule has 0 saturated carbocycles. The Balaban J connectivity index is 1.47. The van der Waals surface area contributed by atoms with Crippen LogP contribution in [0.3, 0.4) is 0 Å². The molecule has 0 aliphatic rings. The lowest BCUT2D eigenvalue weighted by Gasteiger charge is -2.09. The Kier molecular flexibility index (Phi) is 5.47. The monoisotopic (exact) mass is 384 g/mol. The predicted octanol–water partition coefficient (Wildman–Crippen LogP) is 5.05. The fourth-order valence-electron chi connectivity index (χ4n) is 2.96. The smallest absolute Gasteiger partial charge is 0.338 e. The number of rotatable bonds is 6. The average molecular weight is 384 g/mol. The minimum atomic E-state index is -0.316. The van der Waals surface area contributed by atoms with Gasteiger partial charge in [-0.2, -0.15) is 0 Å². The third-order valence-corrected chi connectivity index (χ3v) is 4.45. The highest BCUT2D eigenvalue weighted by Crippen LogP contribution is 2.24. The highest BCUT2D eigenvalue weighted by molar-refractivity contribution is 5.89. The number of ether oxygens (including phenoxy) is 2. The Bertz CT molecular complexity index is 1140. The van der Waals surface area contributed by atoms with Crippen LogP contribution in [0.2, 0.25) is 0 Å². The van der Waals surface area contributed by atoms with Gasteiger partial charge < -0.3 is 9.47 Å². The number of hydrogen-bond donors (Lipinski definition) is 0. The average Bonchev–Trinajstić information content (AvgIpc) is 2.78. The van der Waals surface area contributed by atoms with E-state index in [0.717, 1.165) is 33.6 Å². The van der Waals surface area contributed by atoms with E-state index in [1.54, 1.807) is 25.3 Å². The predicted molar refractivity (Wildman–Crippen MR) is 112 cm³/mol. The third-order valence-electron chi connectivity index (χ3n) is 4.45. The molecule has 0 saturated heterocycles. The van der Waals surface area contributed by atoms with Crippen molar-refractivity contribution in [2.24, 2.45) is 0 Å². The van der Waals surface area contributed by atoms with Gasteiger partial charge in [-0.25, -0.2) is 9.78 Å². The summed E-state index contributed by atoms with van der Waals surface area (Å²) in [4.78, 5) is 20.9. The molecule has 29 heavy (non-hydrogen) atoms. The van der Waals surface area contributed by atoms with Crippen LogP contribution in [0.25, 0.3) is 22.3 Å². The number of benzene rings is 3. The number of fused-ring (bicyclic) bond motifs is 1. The van der Waals surface area contributed by atoms with E-state index < -0.39 is 0 Å². The van der Waals surface area contributed by atoms with Gasteiger partial charge in [0.2, 0.25) is 0 Å². The summed E-state index contributed by atoms with van der Waals surface area (Å²) >= 11 is 0. The standard InChI is InChI=1S/C24H20N2O3/c1-2-28-24(27)18-12-10-17(11-13-18)16-29-20-7-5-6-19(14-20)23-15-25-21-8-3-4-9-22(21)26-23/h3-15H,2,16H2,1H3. The van der Waals surface area contributed by atoms with Crippen LogP contribution in [-0.2, 0) is 11.3 Å². The van der Waals surface area contributed by atoms with Gasteiger partial charge in [0.1, 0.15) is 12.4 Å². The van der Waals surface area contributed by atoms with Gasteiger partial charge in [-0.1, -0.05) is 36.4 Å². The molecule has 0 radical (unpaired) electrons. The van der Waals surface area contributed by atoms with Gasteiger partial charge >= 0.3 is 5.97 Å². The van der Waals surface area contributed by atoms with E-state index in [1.807, 2.05) is 60.7 Å². The maximum atomic E-state index is 11.7. The van der Waals surface area contributed by atoms with Crippen molar-refractivity contribution in [3.05, 3.63) is 90.1 Å². The summed E-state index contributed by atoms with van der Waals surface area (Å²) in [6.45, 7) is 2.55. The van der Waals surface area contributed by atoms with E-state index in [9.17, 15) is 4.79 Å². The Morgan fingerprint density at radius 3 is 2.52 bits per heavy atom. The molecule has 1 heterocycles. The van der Waals surface area contributed by atoms with Crippen molar-refractivity contribution in [2.45, 2.75) is 13.5 Å². The molecule has 0 fully saturated rings. The van der Waals surface area contributed by atoms with E-state index in [-0.39, 0.29) is 5.97 Å². The van der Waals surface area contributed by atoms with Crippen molar-refractivity contribution in [1.29, 1.82) is 0 Å². The number of aromatic nitrogens is 2. The van der Waals surface area contributed by atoms with Gasteiger partial charge in [0.15, 0.2) is 0 Å². The lowest BCUT2D eigenvalue weighted by Crippen LogP contribution is -2.04. The summed E-state index contributed by atoms with van der Waals surface area (Å²) in [5.41, 5.74) is 4.97. The second kappa shape index (κ2) is 8.52. The summed E-state index contributed by atoms with van der Waals surface area (Å²) in [5.74, 6) is 0.427. The van der Waals surface area contributed by atoms with E-state index in [0.29, 0.717) is 18.8 Å². The van der Waals surface area contributed by atoms with Crippen molar-refractivity contribution < 1.29 is 14.3 Å². The Morgan fingerprint density at radius 1 is 0.931 bits per heavy atom. The molecule has 0 amide bonds. The maximum absolute atomic E-state index is 11.7. The Labute approximate surface area is 169 Å². The Hall–Kier alpha value is -3.73. The van der Waals surface area contributed by atoms with E-state index in [4.69, 9.17) is 9.47 Å². The second-order valence-corrected chi connectivity index (χ2v) is 6.48. The van der Waals surface area contributed by atoms with E-state index >= 15 is 0 Å². The first-order valence-electron chi connectivity index (χ1n) is 9.44. The Morgan fingerprint density at radius 2 is 1.72 bits per heavy atom. The third kappa shape index (κ3) is 4.41. The molecule has 0 spiro atoms. The second-order valence-electron chi connectivity index (χ2n) is 6.48. The normalized spacial score (nSPS) is 10.7. The number of nitrogens with zero attached hydrogens (tertiary/aromatic N) is 2. The number of esters is 1. The molecule has 0 unspecified atom stereocenters. The van der Waals surface area contributed by atoms with Crippen LogP contribution < -0.4 is 4.74 Å². The molecule has 1 aromatic heterocycles. The van der Waals surface area contributed by atoms with E-state index in [2.05, 4.69) is 9.97 Å². The van der Waals surface area contributed by atoms with Crippen LogP contribution in [0.1, 0.15) is 22.8 Å². The topological polar surface area (TPSA) is 61.3 Å². The summed E-state index contributed by atoms with van der Waals surface area (Å²) in [5, 5.41) is 0. The maximum Gasteiger partial charge on any atom is 0.338 e. The zero-order valence-corrected chi connectivity index (χ0v) is 16.0. The van der Waals surface area contributed by atoms with Gasteiger partial charge in [0.25, 0.3) is 0 Å². The molecule has 0 aliphatic heterocycles. The van der Waals surface area contributed by atoms with Gasteiger partial charge in [0.05, 0.1) is 35.1 Å². The number of carbonyl (C=O) groups excluding carboxylic acids is 1. The molecular weight excluding hydrogens is 364 g/mol. The molecule has 0 aliphatic carbocycles. The first-order chi connectivity index (χ1) is 14.2. The molecule has 4 aromatic rings. The van der Waals surface area contributed by atoms with Gasteiger partial charge in [0, 0.05) is 5.56 Å². The molecule has 0 bridgehead atoms. The summed E-state index contributed by atoms with van der Waals surface area (Å²) < 4.78 is 10.9. The van der Waals surface area contributed by atoms with Crippen LogP contribution in [0.5, 0.6) is 5.75 Å². The first kappa shape index (κ1) is 18.6. The van der Waals surface area contributed by atoms with Crippen molar-refractivity contribution >= 4 is 17.0 Å². The zero-order valence-electron chi connectivity index (χ0n) is 16.0. The van der Waals surface area contributed by atoms with Gasteiger partial charge in [-0.15, -0.1) is 0 Å². The van der Waals surface area contributed by atoms with Crippen LogP contribution in [0.4, 0.5) is 0 Å². The molecular formula is C24H20N2O3. The summed E-state index contributed by atoms with van der Waals surface area (Å²) in [6.07, 6.45) is 1.77. The molecule has 5 nitrogen and oxygen atoms in total. The number of para-hydroxylation sites is 2. The molecule has 144 valence electrons. The van der Waals surface area contributed by atoms with Crippen molar-refractivity contribution in [1.82, 2.24) is 9.97 Å². The summed E-state index contributed by atoms with van der Waals surface area (Å²) in [6, 6.07) is 22.8. The van der Waals surface area contributed by atoms with Crippen LogP contribution in [0, 0.1) is 0 Å².